The summed E-state index contributed by atoms with van der Waals surface area (Å²) in [5, 5.41) is 3.19. The number of rotatable bonds is 3. The normalized spacial score (nSPS) is 32.6. The number of halogens is 3. The Hall–Kier alpha value is -2.45. The molecule has 0 spiro atoms. The highest BCUT2D eigenvalue weighted by molar-refractivity contribution is 5.94. The zero-order valence-electron chi connectivity index (χ0n) is 16.4. The minimum absolute atomic E-state index is 0.0831. The Bertz CT molecular complexity index is 916. The maximum absolute atomic E-state index is 13.0. The summed E-state index contributed by atoms with van der Waals surface area (Å²) in [7, 11) is 0. The molecule has 158 valence electrons. The molecule has 3 unspecified atom stereocenters. The summed E-state index contributed by atoms with van der Waals surface area (Å²) >= 11 is 0. The zero-order valence-corrected chi connectivity index (χ0v) is 16.4. The van der Waals surface area contributed by atoms with Gasteiger partial charge in [0.05, 0.1) is 5.56 Å². The number of piperidine rings is 2. The molecule has 3 atom stereocenters. The molecule has 0 radical (unpaired) electrons. The summed E-state index contributed by atoms with van der Waals surface area (Å²) in [5.74, 6) is -0.103. The maximum atomic E-state index is 13.0. The van der Waals surface area contributed by atoms with Crippen LogP contribution in [0, 0.1) is 5.92 Å². The van der Waals surface area contributed by atoms with Gasteiger partial charge in [0, 0.05) is 62.8 Å². The smallest absolute Gasteiger partial charge is 0.348 e. The van der Waals surface area contributed by atoms with Crippen LogP contribution in [0.1, 0.15) is 21.6 Å². The number of benzene rings is 1. The second kappa shape index (κ2) is 7.06. The van der Waals surface area contributed by atoms with Crippen molar-refractivity contribution in [1.82, 2.24) is 20.1 Å². The van der Waals surface area contributed by atoms with Gasteiger partial charge in [0.25, 0.3) is 5.91 Å². The number of nitrogens with one attached hydrogen (secondary N) is 1. The molecule has 2 aromatic rings. The average molecular weight is 416 g/mol. The van der Waals surface area contributed by atoms with Gasteiger partial charge < -0.3 is 15.1 Å². The molecular weight excluding hydrogens is 393 g/mol. The fourth-order valence-electron chi connectivity index (χ4n) is 5.49. The third kappa shape index (κ3) is 3.28. The summed E-state index contributed by atoms with van der Waals surface area (Å²) in [4.78, 5) is 21.4. The fraction of sp³-hybridized carbons (Fsp3) is 0.455. The first-order valence-corrected chi connectivity index (χ1v) is 10.2. The molecule has 5 nitrogen and oxygen atoms in total. The molecule has 0 aliphatic carbocycles. The number of carbonyl (C=O) groups excluding carboxylic acids is 1. The summed E-state index contributed by atoms with van der Waals surface area (Å²) in [5.41, 5.74) is 0.112. The largest absolute Gasteiger partial charge is 0.433 e. The van der Waals surface area contributed by atoms with E-state index in [4.69, 9.17) is 0 Å². The lowest BCUT2D eigenvalue weighted by atomic mass is 9.64. The standard InChI is InChI=1S/C22H23F3N4O/c23-22(24,25)18-7-6-15(10-26-18)20(30)27-19-16-11-28-8-9-29(12-16)14-21(19,13-28)17-4-2-1-3-5-17/h1-7,10,16,19H,8-9,11-14H2,(H,27,30). The summed E-state index contributed by atoms with van der Waals surface area (Å²) in [6.45, 7) is 5.60. The molecule has 4 saturated heterocycles. The Labute approximate surface area is 172 Å². The molecule has 4 fully saturated rings. The highest BCUT2D eigenvalue weighted by atomic mass is 19.4. The first kappa shape index (κ1) is 19.5. The highest BCUT2D eigenvalue weighted by Crippen LogP contribution is 2.43. The molecule has 4 aliphatic heterocycles. The molecule has 1 aromatic carbocycles. The van der Waals surface area contributed by atoms with E-state index in [-0.39, 0.29) is 28.8 Å². The van der Waals surface area contributed by atoms with Gasteiger partial charge >= 0.3 is 6.18 Å². The van der Waals surface area contributed by atoms with E-state index in [1.807, 2.05) is 18.2 Å². The van der Waals surface area contributed by atoms with Gasteiger partial charge in [-0.2, -0.15) is 13.2 Å². The Balaban J connectivity index is 1.46. The van der Waals surface area contributed by atoms with Crippen LogP contribution in [-0.4, -0.2) is 66.0 Å². The molecule has 1 aromatic heterocycles. The highest BCUT2D eigenvalue weighted by Gasteiger charge is 2.55. The van der Waals surface area contributed by atoms with Crippen LogP contribution in [-0.2, 0) is 11.6 Å². The van der Waals surface area contributed by atoms with Gasteiger partial charge in [-0.05, 0) is 17.7 Å². The number of amides is 1. The van der Waals surface area contributed by atoms with Crippen molar-refractivity contribution >= 4 is 5.91 Å². The van der Waals surface area contributed by atoms with Crippen LogP contribution in [0.2, 0.25) is 0 Å². The van der Waals surface area contributed by atoms with Crippen molar-refractivity contribution in [3.8, 4) is 0 Å². The van der Waals surface area contributed by atoms with Gasteiger partial charge in [0.15, 0.2) is 0 Å². The number of alkyl halides is 3. The van der Waals surface area contributed by atoms with E-state index in [2.05, 4.69) is 32.2 Å². The van der Waals surface area contributed by atoms with Crippen molar-refractivity contribution in [2.24, 2.45) is 5.92 Å². The van der Waals surface area contributed by atoms with Crippen LogP contribution in [0.5, 0.6) is 0 Å². The predicted molar refractivity (Wildman–Crippen MR) is 105 cm³/mol. The van der Waals surface area contributed by atoms with E-state index < -0.39 is 11.9 Å². The molecule has 5 heterocycles. The van der Waals surface area contributed by atoms with E-state index in [0.717, 1.165) is 51.5 Å². The number of hydrogen-bond acceptors (Lipinski definition) is 4. The average Bonchev–Trinajstić information content (AvgIpc) is 2.99. The van der Waals surface area contributed by atoms with Gasteiger partial charge in [-0.1, -0.05) is 30.3 Å². The van der Waals surface area contributed by atoms with Crippen LogP contribution in [0.15, 0.2) is 48.7 Å². The number of pyridine rings is 1. The lowest BCUT2D eigenvalue weighted by Crippen LogP contribution is -2.70. The number of aromatic nitrogens is 1. The molecule has 30 heavy (non-hydrogen) atoms. The van der Waals surface area contributed by atoms with Crippen LogP contribution in [0.3, 0.4) is 0 Å². The Morgan fingerprint density at radius 3 is 2.27 bits per heavy atom. The van der Waals surface area contributed by atoms with Crippen molar-refractivity contribution < 1.29 is 18.0 Å². The monoisotopic (exact) mass is 416 g/mol. The molecule has 8 heteroatoms. The number of fused-ring (bicyclic) bond motifs is 1. The quantitative estimate of drug-likeness (QED) is 0.835. The van der Waals surface area contributed by atoms with Gasteiger partial charge in [0.1, 0.15) is 5.69 Å². The fourth-order valence-corrected chi connectivity index (χ4v) is 5.49. The van der Waals surface area contributed by atoms with E-state index >= 15 is 0 Å². The summed E-state index contributed by atoms with van der Waals surface area (Å²) in [6.07, 6.45) is -3.50. The van der Waals surface area contributed by atoms with E-state index in [0.29, 0.717) is 0 Å². The molecule has 6 rings (SSSR count). The predicted octanol–water partition coefficient (Wildman–Crippen LogP) is 2.40. The third-order valence-electron chi connectivity index (χ3n) is 6.75. The van der Waals surface area contributed by atoms with Crippen molar-refractivity contribution in [3.63, 3.8) is 0 Å². The first-order chi connectivity index (χ1) is 14.3. The molecule has 1 N–H and O–H groups in total. The lowest BCUT2D eigenvalue weighted by molar-refractivity contribution is -0.141. The van der Waals surface area contributed by atoms with Crippen LogP contribution in [0.4, 0.5) is 13.2 Å². The number of carbonyl (C=O) groups is 1. The van der Waals surface area contributed by atoms with Crippen molar-refractivity contribution in [2.75, 3.05) is 39.3 Å². The lowest BCUT2D eigenvalue weighted by Gasteiger charge is -2.55. The maximum Gasteiger partial charge on any atom is 0.433 e. The van der Waals surface area contributed by atoms with Crippen LogP contribution < -0.4 is 5.32 Å². The molecule has 4 bridgehead atoms. The number of nitrogens with zero attached hydrogens (tertiary/aromatic N) is 3. The van der Waals surface area contributed by atoms with E-state index in [1.54, 1.807) is 0 Å². The van der Waals surface area contributed by atoms with Crippen molar-refractivity contribution in [3.05, 3.63) is 65.5 Å². The van der Waals surface area contributed by atoms with Crippen molar-refractivity contribution in [2.45, 2.75) is 17.6 Å². The second-order valence-corrected chi connectivity index (χ2v) is 8.63. The van der Waals surface area contributed by atoms with Gasteiger partial charge in [0.2, 0.25) is 0 Å². The molecule has 4 aliphatic rings. The Morgan fingerprint density at radius 1 is 1.03 bits per heavy atom. The SMILES string of the molecule is O=C(NC1C2CN3CCN(C2)CC1(c1ccccc1)C3)c1ccc(C(F)(F)F)nc1. The number of hydrogen-bond donors (Lipinski definition) is 1. The van der Waals surface area contributed by atoms with Crippen LogP contribution >= 0.6 is 0 Å². The van der Waals surface area contributed by atoms with E-state index in [9.17, 15) is 18.0 Å². The Kier molecular flexibility index (Phi) is 4.59. The van der Waals surface area contributed by atoms with Gasteiger partial charge in [-0.3, -0.25) is 9.78 Å². The molecule has 0 saturated carbocycles. The zero-order chi connectivity index (χ0) is 20.9. The first-order valence-electron chi connectivity index (χ1n) is 10.2. The van der Waals surface area contributed by atoms with Gasteiger partial charge in [-0.15, -0.1) is 0 Å². The summed E-state index contributed by atoms with van der Waals surface area (Å²) < 4.78 is 38.4. The second-order valence-electron chi connectivity index (χ2n) is 8.63. The van der Waals surface area contributed by atoms with Crippen LogP contribution in [0.25, 0.3) is 0 Å². The Morgan fingerprint density at radius 2 is 1.70 bits per heavy atom. The third-order valence-corrected chi connectivity index (χ3v) is 6.75. The minimum atomic E-state index is -4.52. The summed E-state index contributed by atoms with van der Waals surface area (Å²) in [6, 6.07) is 12.3. The minimum Gasteiger partial charge on any atom is -0.348 e. The van der Waals surface area contributed by atoms with E-state index in [1.165, 1.54) is 11.6 Å². The van der Waals surface area contributed by atoms with Crippen molar-refractivity contribution in [1.29, 1.82) is 0 Å². The molecule has 1 amide bonds. The van der Waals surface area contributed by atoms with Gasteiger partial charge in [-0.25, -0.2) is 0 Å². The topological polar surface area (TPSA) is 48.5 Å². The molecular formula is C22H23F3N4O.